The van der Waals surface area contributed by atoms with Gasteiger partial charge in [0, 0.05) is 6.20 Å². The average Bonchev–Trinajstić information content (AvgIpc) is 3.01. The van der Waals surface area contributed by atoms with Crippen molar-refractivity contribution in [1.82, 2.24) is 14.6 Å². The number of carbonyl (C=O) groups excluding carboxylic acids is 1. The van der Waals surface area contributed by atoms with Gasteiger partial charge in [0.15, 0.2) is 6.23 Å². The SMILES string of the molecule is CC(C)OC(=O)[C@@H](C)N[P@](=S)(OC[C@H]1O[C@@H](n2ccc(N)nc2=O)[C@](C)(O)[C@@H]1O)Oc1ccccc1. The normalized spacial score (nSPS) is 26.4. The lowest BCUT2D eigenvalue weighted by Gasteiger charge is -2.28. The second-order valence-corrected chi connectivity index (χ2v) is 11.9. The minimum atomic E-state index is -3.41. The van der Waals surface area contributed by atoms with Gasteiger partial charge in [0.25, 0.3) is 0 Å². The van der Waals surface area contributed by atoms with Gasteiger partial charge < -0.3 is 34.5 Å². The van der Waals surface area contributed by atoms with E-state index in [2.05, 4.69) is 10.1 Å². The number of rotatable bonds is 10. The summed E-state index contributed by atoms with van der Waals surface area (Å²) >= 11 is 5.65. The number of aromatic nitrogens is 2. The Morgan fingerprint density at radius 2 is 2.00 bits per heavy atom. The lowest BCUT2D eigenvalue weighted by atomic mass is 9.96. The largest absolute Gasteiger partial charge is 0.462 e. The number of nitrogens with zero attached hydrogens (tertiary/aromatic N) is 2. The Labute approximate surface area is 213 Å². The maximum absolute atomic E-state index is 12.4. The standard InChI is InChI=1S/C22H31N4O8PS/c1-13(2)32-19(28)14(3)25-35(36,34-15-8-6-5-7-9-15)31-12-16-18(27)22(4,30)20(33-16)26-11-10-17(23)24-21(26)29/h5-11,13-14,16,18,20,27,30H,12H2,1-4H3,(H,25,36)(H2,23,24,29)/t14-,16-,18-,20-,22-,35+/m1/s1. The molecule has 0 bridgehead atoms. The van der Waals surface area contributed by atoms with Crippen molar-refractivity contribution < 1.29 is 33.5 Å². The molecular formula is C22H31N4O8PS. The van der Waals surface area contributed by atoms with Crippen molar-refractivity contribution in [2.75, 3.05) is 12.3 Å². The minimum absolute atomic E-state index is 0.00394. The molecule has 1 aromatic carbocycles. The number of nitrogen functional groups attached to an aromatic ring is 1. The molecule has 1 saturated heterocycles. The van der Waals surface area contributed by atoms with Crippen LogP contribution in [0.3, 0.4) is 0 Å². The first kappa shape index (κ1) is 28.2. The molecule has 3 rings (SSSR count). The number of nitrogens with one attached hydrogen (secondary N) is 1. The third-order valence-electron chi connectivity index (χ3n) is 5.29. The zero-order valence-electron chi connectivity index (χ0n) is 20.3. The molecule has 1 aliphatic heterocycles. The van der Waals surface area contributed by atoms with Crippen molar-refractivity contribution in [2.45, 2.75) is 63.9 Å². The van der Waals surface area contributed by atoms with Crippen molar-refractivity contribution in [3.05, 3.63) is 53.1 Å². The summed E-state index contributed by atoms with van der Waals surface area (Å²) in [6.45, 7) is 2.59. The molecule has 6 atom stereocenters. The summed E-state index contributed by atoms with van der Waals surface area (Å²) in [5.41, 5.74) is 2.90. The first-order valence-corrected chi connectivity index (χ1v) is 13.8. The molecule has 2 heterocycles. The van der Waals surface area contributed by atoms with Crippen LogP contribution >= 0.6 is 6.64 Å². The van der Waals surface area contributed by atoms with Gasteiger partial charge in [-0.1, -0.05) is 18.2 Å². The molecule has 1 aromatic heterocycles. The fraction of sp³-hybridized carbons (Fsp3) is 0.500. The number of para-hydroxylation sites is 1. The summed E-state index contributed by atoms with van der Waals surface area (Å²) in [7, 11) is 0. The van der Waals surface area contributed by atoms with E-state index in [-0.39, 0.29) is 18.5 Å². The second-order valence-electron chi connectivity index (χ2n) is 8.77. The van der Waals surface area contributed by atoms with E-state index in [1.54, 1.807) is 51.1 Å². The van der Waals surface area contributed by atoms with E-state index < -0.39 is 48.4 Å². The number of hydrogen-bond acceptors (Lipinski definition) is 11. The van der Waals surface area contributed by atoms with Crippen LogP contribution in [0.1, 0.15) is 33.9 Å². The first-order chi connectivity index (χ1) is 16.8. The molecule has 1 aliphatic rings. The van der Waals surface area contributed by atoms with Crippen LogP contribution in [0, 0.1) is 0 Å². The number of ether oxygens (including phenoxy) is 2. The van der Waals surface area contributed by atoms with Crippen LogP contribution in [0.25, 0.3) is 0 Å². The average molecular weight is 543 g/mol. The third-order valence-corrected chi connectivity index (χ3v) is 7.79. The van der Waals surface area contributed by atoms with Gasteiger partial charge in [0.05, 0.1) is 12.7 Å². The molecule has 12 nitrogen and oxygen atoms in total. The Hall–Kier alpha value is -2.38. The fourth-order valence-corrected chi connectivity index (χ4v) is 5.91. The molecular weight excluding hydrogens is 511 g/mol. The number of aliphatic hydroxyl groups is 2. The molecule has 14 heteroatoms. The summed E-state index contributed by atoms with van der Waals surface area (Å²) in [5, 5.41) is 24.6. The highest BCUT2D eigenvalue weighted by atomic mass is 32.5. The zero-order valence-corrected chi connectivity index (χ0v) is 22.0. The summed E-state index contributed by atoms with van der Waals surface area (Å²) in [6, 6.07) is 9.13. The van der Waals surface area contributed by atoms with Crippen molar-refractivity contribution in [3.63, 3.8) is 0 Å². The van der Waals surface area contributed by atoms with E-state index in [1.807, 2.05) is 0 Å². The molecule has 0 saturated carbocycles. The summed E-state index contributed by atoms with van der Waals surface area (Å²) in [5.74, 6) is -0.144. The van der Waals surface area contributed by atoms with Crippen LogP contribution in [-0.2, 0) is 30.6 Å². The molecule has 1 fully saturated rings. The van der Waals surface area contributed by atoms with Crippen LogP contribution in [0.4, 0.5) is 5.82 Å². The lowest BCUT2D eigenvalue weighted by Crippen LogP contribution is -2.46. The van der Waals surface area contributed by atoms with Gasteiger partial charge in [-0.05, 0) is 57.7 Å². The van der Waals surface area contributed by atoms with E-state index in [9.17, 15) is 19.8 Å². The molecule has 0 radical (unpaired) electrons. The smallest absolute Gasteiger partial charge is 0.351 e. The van der Waals surface area contributed by atoms with Gasteiger partial charge in [-0.25, -0.2) is 9.88 Å². The highest BCUT2D eigenvalue weighted by Crippen LogP contribution is 2.47. The molecule has 0 aliphatic carbocycles. The van der Waals surface area contributed by atoms with Crippen LogP contribution in [0.2, 0.25) is 0 Å². The van der Waals surface area contributed by atoms with Gasteiger partial charge in [0.1, 0.15) is 35.4 Å². The van der Waals surface area contributed by atoms with Gasteiger partial charge in [-0.2, -0.15) is 4.98 Å². The predicted molar refractivity (Wildman–Crippen MR) is 135 cm³/mol. The van der Waals surface area contributed by atoms with E-state index >= 15 is 0 Å². The number of anilines is 1. The number of aliphatic hydroxyl groups excluding tert-OH is 1. The number of nitrogens with two attached hydrogens (primary N) is 1. The van der Waals surface area contributed by atoms with E-state index in [1.165, 1.54) is 19.2 Å². The Balaban J connectivity index is 1.79. The van der Waals surface area contributed by atoms with Crippen LogP contribution < -0.4 is 21.0 Å². The summed E-state index contributed by atoms with van der Waals surface area (Å²) in [4.78, 5) is 28.3. The highest BCUT2D eigenvalue weighted by Gasteiger charge is 2.54. The number of esters is 1. The fourth-order valence-electron chi connectivity index (χ4n) is 3.49. The van der Waals surface area contributed by atoms with Gasteiger partial charge in [0.2, 0.25) is 0 Å². The molecule has 198 valence electrons. The Kier molecular flexibility index (Phi) is 8.88. The number of hydrogen-bond donors (Lipinski definition) is 4. The van der Waals surface area contributed by atoms with E-state index in [0.717, 1.165) is 4.57 Å². The predicted octanol–water partition coefficient (Wildman–Crippen LogP) is 1.08. The monoisotopic (exact) mass is 542 g/mol. The topological polar surface area (TPSA) is 167 Å². The molecule has 0 amide bonds. The molecule has 0 spiro atoms. The summed E-state index contributed by atoms with van der Waals surface area (Å²) < 4.78 is 23.9. The Bertz CT molecular complexity index is 1160. The molecule has 0 unspecified atom stereocenters. The maximum atomic E-state index is 12.4. The highest BCUT2D eigenvalue weighted by molar-refractivity contribution is 8.09. The minimum Gasteiger partial charge on any atom is -0.462 e. The van der Waals surface area contributed by atoms with E-state index in [0.29, 0.717) is 5.75 Å². The zero-order chi connectivity index (χ0) is 26.7. The summed E-state index contributed by atoms with van der Waals surface area (Å²) in [6.07, 6.45) is -2.86. The van der Waals surface area contributed by atoms with Crippen molar-refractivity contribution in [3.8, 4) is 5.75 Å². The Morgan fingerprint density at radius 1 is 1.33 bits per heavy atom. The number of benzene rings is 1. The quantitative estimate of drug-likeness (QED) is 0.250. The van der Waals surface area contributed by atoms with E-state index in [4.69, 9.17) is 36.1 Å². The molecule has 2 aromatic rings. The molecule has 5 N–H and O–H groups in total. The second kappa shape index (κ2) is 11.3. The van der Waals surface area contributed by atoms with Gasteiger partial charge in [-0.15, -0.1) is 0 Å². The Morgan fingerprint density at radius 3 is 2.61 bits per heavy atom. The maximum Gasteiger partial charge on any atom is 0.351 e. The van der Waals surface area contributed by atoms with Crippen LogP contribution in [0.5, 0.6) is 5.75 Å². The van der Waals surface area contributed by atoms with Gasteiger partial charge in [-0.3, -0.25) is 9.36 Å². The first-order valence-electron chi connectivity index (χ1n) is 11.2. The van der Waals surface area contributed by atoms with Gasteiger partial charge >= 0.3 is 18.3 Å². The lowest BCUT2D eigenvalue weighted by molar-refractivity contribution is -0.149. The van der Waals surface area contributed by atoms with Crippen LogP contribution in [-0.4, -0.2) is 62.3 Å². The molecule has 36 heavy (non-hydrogen) atoms. The van der Waals surface area contributed by atoms with Crippen molar-refractivity contribution in [1.29, 1.82) is 0 Å². The van der Waals surface area contributed by atoms with Crippen LogP contribution in [0.15, 0.2) is 47.4 Å². The van der Waals surface area contributed by atoms with Crippen molar-refractivity contribution in [2.24, 2.45) is 0 Å². The third kappa shape index (κ3) is 6.68. The number of carbonyl (C=O) groups is 1. The van der Waals surface area contributed by atoms with Crippen molar-refractivity contribution >= 4 is 30.2 Å².